The van der Waals surface area contributed by atoms with Gasteiger partial charge < -0.3 is 25.4 Å². The Morgan fingerprint density at radius 1 is 1.04 bits per heavy atom. The smallest absolute Gasteiger partial charge is 0.414 e. The van der Waals surface area contributed by atoms with Crippen molar-refractivity contribution in [3.8, 4) is 5.75 Å². The molecule has 7 nitrogen and oxygen atoms in total. The fourth-order valence-electron chi connectivity index (χ4n) is 1.83. The monoisotopic (exact) mass is 427 g/mol. The molecule has 2 rings (SSSR count). The van der Waals surface area contributed by atoms with Crippen molar-refractivity contribution in [3.05, 3.63) is 59.6 Å². The van der Waals surface area contributed by atoms with Crippen LogP contribution in [0.5, 0.6) is 5.75 Å². The van der Waals surface area contributed by atoms with Crippen molar-refractivity contribution in [2.45, 2.75) is 11.0 Å². The van der Waals surface area contributed by atoms with Gasteiger partial charge in [0.05, 0.1) is 5.02 Å². The van der Waals surface area contributed by atoms with Gasteiger partial charge in [0.1, 0.15) is 18.5 Å². The lowest BCUT2D eigenvalue weighted by Crippen LogP contribution is -2.32. The molecule has 0 heterocycles. The van der Waals surface area contributed by atoms with Gasteiger partial charge >= 0.3 is 11.9 Å². The van der Waals surface area contributed by atoms with Gasteiger partial charge in [0.2, 0.25) is 0 Å². The Balaban J connectivity index is 0.000000568. The first-order valence-electron chi connectivity index (χ1n) is 8.30. The molecule has 9 heteroatoms. The molecular weight excluding hydrogens is 406 g/mol. The van der Waals surface area contributed by atoms with Gasteiger partial charge in [0, 0.05) is 23.7 Å². The van der Waals surface area contributed by atoms with Gasteiger partial charge in [0.15, 0.2) is 0 Å². The van der Waals surface area contributed by atoms with Crippen LogP contribution < -0.4 is 10.1 Å². The minimum Gasteiger partial charge on any atom is -0.489 e. The van der Waals surface area contributed by atoms with Crippen LogP contribution >= 0.6 is 23.4 Å². The zero-order valence-electron chi connectivity index (χ0n) is 15.0. The number of thioether (sulfide) groups is 1. The molecular formula is C19H22ClNO6S. The Morgan fingerprint density at radius 2 is 1.64 bits per heavy atom. The molecule has 0 radical (unpaired) electrons. The first-order valence-corrected chi connectivity index (χ1v) is 9.66. The van der Waals surface area contributed by atoms with Crippen LogP contribution in [-0.4, -0.2) is 58.8 Å². The number of nitrogens with one attached hydrogen (secondary N) is 1. The van der Waals surface area contributed by atoms with Crippen LogP contribution in [-0.2, 0) is 9.59 Å². The highest BCUT2D eigenvalue weighted by Gasteiger charge is 2.06. The number of rotatable bonds is 9. The predicted octanol–water partition coefficient (Wildman–Crippen LogP) is 2.62. The van der Waals surface area contributed by atoms with E-state index in [1.165, 1.54) is 4.90 Å². The number of hydrogen-bond acceptors (Lipinski definition) is 6. The lowest BCUT2D eigenvalue weighted by molar-refractivity contribution is -0.159. The zero-order valence-corrected chi connectivity index (χ0v) is 16.5. The van der Waals surface area contributed by atoms with Gasteiger partial charge in [-0.25, -0.2) is 9.59 Å². The molecule has 0 saturated carbocycles. The average Bonchev–Trinajstić information content (AvgIpc) is 2.68. The van der Waals surface area contributed by atoms with Crippen molar-refractivity contribution in [1.29, 1.82) is 0 Å². The van der Waals surface area contributed by atoms with Gasteiger partial charge in [-0.3, -0.25) is 0 Å². The van der Waals surface area contributed by atoms with Crippen molar-refractivity contribution in [3.63, 3.8) is 0 Å². The Hall–Kier alpha value is -2.26. The lowest BCUT2D eigenvalue weighted by atomic mass is 10.3. The van der Waals surface area contributed by atoms with Crippen molar-refractivity contribution < 1.29 is 29.6 Å². The molecule has 1 unspecified atom stereocenters. The number of aliphatic hydroxyl groups excluding tert-OH is 1. The van der Waals surface area contributed by atoms with E-state index < -0.39 is 18.0 Å². The maximum atomic E-state index is 9.88. The van der Waals surface area contributed by atoms with E-state index in [1.54, 1.807) is 23.9 Å². The second-order valence-corrected chi connectivity index (χ2v) is 6.95. The largest absolute Gasteiger partial charge is 0.489 e. The average molecular weight is 428 g/mol. The maximum absolute atomic E-state index is 9.88. The van der Waals surface area contributed by atoms with Crippen LogP contribution in [0.15, 0.2) is 59.5 Å². The second-order valence-electron chi connectivity index (χ2n) is 5.37. The highest BCUT2D eigenvalue weighted by atomic mass is 35.5. The van der Waals surface area contributed by atoms with E-state index in [1.807, 2.05) is 30.3 Å². The number of halogens is 1. The summed E-state index contributed by atoms with van der Waals surface area (Å²) in [6.07, 6.45) is -0.557. The normalized spacial score (nSPS) is 11.1. The van der Waals surface area contributed by atoms with Gasteiger partial charge in [-0.05, 0) is 24.3 Å². The molecule has 2 aromatic rings. The minimum atomic E-state index is -1.82. The number of carboxylic acid groups (broad SMARTS) is 2. The summed E-state index contributed by atoms with van der Waals surface area (Å²) < 4.78 is 5.50. The number of ether oxygens (including phenoxy) is 1. The number of aliphatic carboxylic acids is 2. The van der Waals surface area contributed by atoms with Gasteiger partial charge in [-0.15, -0.1) is 11.8 Å². The van der Waals surface area contributed by atoms with Gasteiger partial charge in [-0.2, -0.15) is 0 Å². The summed E-state index contributed by atoms with van der Waals surface area (Å²) in [5.41, 5.74) is 0. The standard InChI is InChI=1S/C17H20ClNO2S.C2H2O4/c18-16-8-4-5-9-17(16)21-13-14(20)12-19-10-11-22-15-6-2-1-3-7-15;3-1(4)2(5)6/h1-9,14,19-20H,10-13H2;(H,3,4)(H,5,6). The second kappa shape index (κ2) is 13.8. The molecule has 2 aromatic carbocycles. The first-order chi connectivity index (χ1) is 13.4. The fraction of sp³-hybridized carbons (Fsp3) is 0.263. The molecule has 4 N–H and O–H groups in total. The molecule has 0 bridgehead atoms. The number of carbonyl (C=O) groups is 2. The molecule has 1 atom stereocenters. The minimum absolute atomic E-state index is 0.225. The fourth-order valence-corrected chi connectivity index (χ4v) is 2.86. The Kier molecular flexibility index (Phi) is 11.8. The molecule has 0 spiro atoms. The molecule has 0 aliphatic heterocycles. The summed E-state index contributed by atoms with van der Waals surface area (Å²) in [5, 5.41) is 28.4. The van der Waals surface area contributed by atoms with Gasteiger partial charge in [-0.1, -0.05) is 41.9 Å². The molecule has 0 fully saturated rings. The third-order valence-corrected chi connectivity index (χ3v) is 4.45. The maximum Gasteiger partial charge on any atom is 0.414 e. The SMILES string of the molecule is O=C(O)C(=O)O.OC(CNCCSc1ccccc1)COc1ccccc1Cl. The van der Waals surface area contributed by atoms with Crippen molar-refractivity contribution >= 4 is 35.3 Å². The summed E-state index contributed by atoms with van der Waals surface area (Å²) >= 11 is 7.78. The molecule has 0 saturated heterocycles. The Morgan fingerprint density at radius 3 is 2.25 bits per heavy atom. The third-order valence-electron chi connectivity index (χ3n) is 3.12. The van der Waals surface area contributed by atoms with Crippen molar-refractivity contribution in [2.75, 3.05) is 25.4 Å². The molecule has 28 heavy (non-hydrogen) atoms. The Labute approximate surface area is 172 Å². The highest BCUT2D eigenvalue weighted by molar-refractivity contribution is 7.99. The number of hydrogen-bond donors (Lipinski definition) is 4. The predicted molar refractivity (Wildman–Crippen MR) is 108 cm³/mol. The quantitative estimate of drug-likeness (QED) is 0.274. The summed E-state index contributed by atoms with van der Waals surface area (Å²) in [5.74, 6) is -2.09. The Bertz CT molecular complexity index is 719. The van der Waals surface area contributed by atoms with E-state index in [4.69, 9.17) is 36.1 Å². The van der Waals surface area contributed by atoms with E-state index >= 15 is 0 Å². The molecule has 0 aromatic heterocycles. The summed E-state index contributed by atoms with van der Waals surface area (Å²) in [6.45, 7) is 1.56. The zero-order chi connectivity index (χ0) is 20.8. The molecule has 0 aliphatic rings. The van der Waals surface area contributed by atoms with E-state index in [0.717, 1.165) is 12.3 Å². The van der Waals surface area contributed by atoms with E-state index in [2.05, 4.69) is 17.4 Å². The van der Waals surface area contributed by atoms with E-state index in [-0.39, 0.29) is 6.61 Å². The van der Waals surface area contributed by atoms with Crippen LogP contribution in [0.25, 0.3) is 0 Å². The van der Waals surface area contributed by atoms with E-state index in [9.17, 15) is 5.11 Å². The summed E-state index contributed by atoms with van der Waals surface area (Å²) in [7, 11) is 0. The van der Waals surface area contributed by atoms with Crippen LogP contribution in [0.3, 0.4) is 0 Å². The molecule has 0 amide bonds. The van der Waals surface area contributed by atoms with Crippen molar-refractivity contribution in [1.82, 2.24) is 5.32 Å². The number of para-hydroxylation sites is 1. The molecule has 0 aliphatic carbocycles. The van der Waals surface area contributed by atoms with Crippen LogP contribution in [0.4, 0.5) is 0 Å². The third kappa shape index (κ3) is 10.8. The first kappa shape index (κ1) is 23.8. The van der Waals surface area contributed by atoms with Gasteiger partial charge in [0.25, 0.3) is 0 Å². The number of aliphatic hydroxyl groups is 1. The molecule has 152 valence electrons. The van der Waals surface area contributed by atoms with Crippen molar-refractivity contribution in [2.24, 2.45) is 0 Å². The number of benzene rings is 2. The van der Waals surface area contributed by atoms with Crippen LogP contribution in [0, 0.1) is 0 Å². The van der Waals surface area contributed by atoms with E-state index in [0.29, 0.717) is 17.3 Å². The summed E-state index contributed by atoms with van der Waals surface area (Å²) in [6, 6.07) is 17.5. The highest BCUT2D eigenvalue weighted by Crippen LogP contribution is 2.23. The number of carboxylic acids is 2. The lowest BCUT2D eigenvalue weighted by Gasteiger charge is -2.14. The van der Waals surface area contributed by atoms with Crippen LogP contribution in [0.1, 0.15) is 0 Å². The van der Waals surface area contributed by atoms with Crippen LogP contribution in [0.2, 0.25) is 5.02 Å². The topological polar surface area (TPSA) is 116 Å². The summed E-state index contributed by atoms with van der Waals surface area (Å²) in [4.78, 5) is 19.5.